The third-order valence-electron chi connectivity index (χ3n) is 3.45. The average Bonchev–Trinajstić information content (AvgIpc) is 2.43. The lowest BCUT2D eigenvalue weighted by molar-refractivity contribution is -0.129. The summed E-state index contributed by atoms with van der Waals surface area (Å²) in [5.41, 5.74) is -0.152. The average molecular weight is 260 g/mol. The van der Waals surface area contributed by atoms with Gasteiger partial charge in [0, 0.05) is 0 Å². The molecule has 1 atom stereocenters. The number of carbonyl (C=O) groups is 2. The highest BCUT2D eigenvalue weighted by Gasteiger charge is 2.34. The Labute approximate surface area is 114 Å². The Morgan fingerprint density at radius 1 is 1.32 bits per heavy atom. The van der Waals surface area contributed by atoms with Crippen molar-refractivity contribution in [2.45, 2.75) is 26.7 Å². The topological polar surface area (TPSA) is 43.4 Å². The molecular formula is C16H20O3. The second-order valence-corrected chi connectivity index (χ2v) is 4.63. The number of ketones is 1. The fourth-order valence-corrected chi connectivity index (χ4v) is 1.94. The Morgan fingerprint density at radius 2 is 1.95 bits per heavy atom. The molecule has 0 aliphatic carbocycles. The number of carbonyl (C=O) groups excluding carboxylic acids is 2. The number of hydrogen-bond donors (Lipinski definition) is 0. The molecule has 0 bridgehead atoms. The van der Waals surface area contributed by atoms with E-state index >= 15 is 0 Å². The van der Waals surface area contributed by atoms with Crippen molar-refractivity contribution in [3.8, 4) is 0 Å². The second-order valence-electron chi connectivity index (χ2n) is 4.63. The van der Waals surface area contributed by atoms with Gasteiger partial charge in [-0.05, 0) is 31.9 Å². The molecule has 0 aliphatic heterocycles. The lowest BCUT2D eigenvalue weighted by Crippen LogP contribution is -2.34. The van der Waals surface area contributed by atoms with Crippen LogP contribution in [0, 0.1) is 5.41 Å². The van der Waals surface area contributed by atoms with E-state index in [1.165, 1.54) is 6.92 Å². The fraction of sp³-hybridized carbons (Fsp3) is 0.375. The molecule has 0 fully saturated rings. The van der Waals surface area contributed by atoms with Crippen LogP contribution in [-0.2, 0) is 9.53 Å². The van der Waals surface area contributed by atoms with Crippen molar-refractivity contribution in [1.29, 1.82) is 0 Å². The molecular weight excluding hydrogens is 240 g/mol. The van der Waals surface area contributed by atoms with Crippen molar-refractivity contribution in [3.05, 3.63) is 48.6 Å². The summed E-state index contributed by atoms with van der Waals surface area (Å²) >= 11 is 0. The highest BCUT2D eigenvalue weighted by molar-refractivity contribution is 5.90. The number of ether oxygens (including phenoxy) is 1. The molecule has 1 aromatic rings. The number of benzene rings is 1. The summed E-state index contributed by atoms with van der Waals surface area (Å²) in [6.07, 6.45) is 2.83. The summed E-state index contributed by atoms with van der Waals surface area (Å²) in [5, 5.41) is 0. The van der Waals surface area contributed by atoms with E-state index < -0.39 is 11.4 Å². The van der Waals surface area contributed by atoms with E-state index in [0.717, 1.165) is 0 Å². The van der Waals surface area contributed by atoms with Crippen LogP contribution in [0.3, 0.4) is 0 Å². The summed E-state index contributed by atoms with van der Waals surface area (Å²) in [6, 6.07) is 8.77. The van der Waals surface area contributed by atoms with E-state index in [4.69, 9.17) is 4.74 Å². The fourth-order valence-electron chi connectivity index (χ4n) is 1.94. The molecule has 19 heavy (non-hydrogen) atoms. The highest BCUT2D eigenvalue weighted by Crippen LogP contribution is 2.29. The zero-order valence-electron chi connectivity index (χ0n) is 11.5. The Bertz CT molecular complexity index is 450. The van der Waals surface area contributed by atoms with Crippen LogP contribution in [0.1, 0.15) is 37.0 Å². The van der Waals surface area contributed by atoms with E-state index in [2.05, 4.69) is 6.58 Å². The minimum Gasteiger partial charge on any atom is -0.461 e. The first kappa shape index (κ1) is 15.2. The molecule has 0 saturated heterocycles. The molecule has 1 rings (SSSR count). The normalized spacial score (nSPS) is 13.4. The van der Waals surface area contributed by atoms with E-state index in [1.807, 2.05) is 13.0 Å². The van der Waals surface area contributed by atoms with E-state index in [0.29, 0.717) is 18.4 Å². The van der Waals surface area contributed by atoms with Crippen LogP contribution >= 0.6 is 0 Å². The summed E-state index contributed by atoms with van der Waals surface area (Å²) in [4.78, 5) is 23.7. The molecule has 0 saturated carbocycles. The van der Waals surface area contributed by atoms with Gasteiger partial charge in [-0.2, -0.15) is 0 Å². The third-order valence-corrected chi connectivity index (χ3v) is 3.45. The van der Waals surface area contributed by atoms with Gasteiger partial charge in [0.1, 0.15) is 12.4 Å². The predicted molar refractivity (Wildman–Crippen MR) is 74.9 cm³/mol. The molecule has 0 N–H and O–H groups in total. The van der Waals surface area contributed by atoms with Crippen LogP contribution in [0.5, 0.6) is 0 Å². The van der Waals surface area contributed by atoms with Crippen molar-refractivity contribution in [1.82, 2.24) is 0 Å². The first-order chi connectivity index (χ1) is 9.05. The molecule has 1 aromatic carbocycles. The molecule has 3 heteroatoms. The maximum atomic E-state index is 11.9. The molecule has 0 unspecified atom stereocenters. The zero-order valence-corrected chi connectivity index (χ0v) is 11.5. The first-order valence-corrected chi connectivity index (χ1v) is 6.40. The molecule has 0 heterocycles. The highest BCUT2D eigenvalue weighted by atomic mass is 16.5. The molecule has 0 aromatic heterocycles. The van der Waals surface area contributed by atoms with Gasteiger partial charge in [-0.25, -0.2) is 4.79 Å². The number of rotatable bonds is 7. The molecule has 102 valence electrons. The third kappa shape index (κ3) is 3.78. The number of hydrogen-bond acceptors (Lipinski definition) is 3. The summed E-state index contributed by atoms with van der Waals surface area (Å²) in [5.74, 6) is -0.375. The van der Waals surface area contributed by atoms with Gasteiger partial charge in [-0.1, -0.05) is 31.2 Å². The van der Waals surface area contributed by atoms with Gasteiger partial charge in [0.05, 0.1) is 11.0 Å². The second kappa shape index (κ2) is 6.88. The quantitative estimate of drug-likeness (QED) is 0.557. The molecule has 0 aliphatic rings. The minimum absolute atomic E-state index is 0.0239. The van der Waals surface area contributed by atoms with Crippen molar-refractivity contribution in [3.63, 3.8) is 0 Å². The predicted octanol–water partition coefficient (Wildman–Crippen LogP) is 3.40. The van der Waals surface area contributed by atoms with Crippen LogP contribution in [0.25, 0.3) is 0 Å². The Balaban J connectivity index is 2.74. The largest absolute Gasteiger partial charge is 0.461 e. The Kier molecular flexibility index (Phi) is 5.49. The minimum atomic E-state index is -0.647. The van der Waals surface area contributed by atoms with E-state index in [-0.39, 0.29) is 12.4 Å². The Hall–Kier alpha value is -1.90. The molecule has 3 nitrogen and oxygen atoms in total. The van der Waals surface area contributed by atoms with Crippen LogP contribution in [0.4, 0.5) is 0 Å². The number of allylic oxidation sites excluding steroid dienone is 1. The number of esters is 1. The van der Waals surface area contributed by atoms with Crippen molar-refractivity contribution >= 4 is 11.8 Å². The van der Waals surface area contributed by atoms with Crippen molar-refractivity contribution < 1.29 is 14.3 Å². The SMILES string of the molecule is C=CC[C@@](CC)(COC(=O)c1ccccc1)C(C)=O. The smallest absolute Gasteiger partial charge is 0.338 e. The molecule has 0 spiro atoms. The standard InChI is InChI=1S/C16H20O3/c1-4-11-16(5-2,13(3)17)12-19-15(18)14-9-7-6-8-10-14/h4,6-10H,1,5,11-12H2,2-3H3/t16-/m0/s1. The van der Waals surface area contributed by atoms with Gasteiger partial charge in [0.25, 0.3) is 0 Å². The van der Waals surface area contributed by atoms with Crippen molar-refractivity contribution in [2.75, 3.05) is 6.61 Å². The van der Waals surface area contributed by atoms with E-state index in [9.17, 15) is 9.59 Å². The maximum absolute atomic E-state index is 11.9. The monoisotopic (exact) mass is 260 g/mol. The van der Waals surface area contributed by atoms with Gasteiger partial charge < -0.3 is 4.74 Å². The van der Waals surface area contributed by atoms with Crippen LogP contribution in [0.15, 0.2) is 43.0 Å². The Morgan fingerprint density at radius 3 is 2.42 bits per heavy atom. The van der Waals surface area contributed by atoms with Crippen LogP contribution in [0.2, 0.25) is 0 Å². The van der Waals surface area contributed by atoms with Crippen LogP contribution < -0.4 is 0 Å². The van der Waals surface area contributed by atoms with Gasteiger partial charge in [-0.15, -0.1) is 6.58 Å². The summed E-state index contributed by atoms with van der Waals surface area (Å²) < 4.78 is 5.29. The lowest BCUT2D eigenvalue weighted by atomic mass is 9.79. The molecule has 0 amide bonds. The first-order valence-electron chi connectivity index (χ1n) is 6.40. The van der Waals surface area contributed by atoms with E-state index in [1.54, 1.807) is 30.3 Å². The van der Waals surface area contributed by atoms with Gasteiger partial charge in [-0.3, -0.25) is 4.79 Å². The number of Topliss-reactive ketones (excluding diaryl/α,β-unsaturated/α-hetero) is 1. The van der Waals surface area contributed by atoms with Crippen LogP contribution in [-0.4, -0.2) is 18.4 Å². The molecule has 0 radical (unpaired) electrons. The maximum Gasteiger partial charge on any atom is 0.338 e. The van der Waals surface area contributed by atoms with Gasteiger partial charge in [0.2, 0.25) is 0 Å². The van der Waals surface area contributed by atoms with Gasteiger partial charge >= 0.3 is 5.97 Å². The zero-order chi connectivity index (χ0) is 14.3. The lowest BCUT2D eigenvalue weighted by Gasteiger charge is -2.28. The van der Waals surface area contributed by atoms with Crippen molar-refractivity contribution in [2.24, 2.45) is 5.41 Å². The van der Waals surface area contributed by atoms with Gasteiger partial charge in [0.15, 0.2) is 0 Å². The summed E-state index contributed by atoms with van der Waals surface area (Å²) in [7, 11) is 0. The summed E-state index contributed by atoms with van der Waals surface area (Å²) in [6.45, 7) is 7.21.